The molecule has 0 aliphatic heterocycles. The van der Waals surface area contributed by atoms with Crippen LogP contribution in [-0.2, 0) is 0 Å². The highest BCUT2D eigenvalue weighted by atomic mass is 16.3. The zero-order valence-electron chi connectivity index (χ0n) is 6.27. The van der Waals surface area contributed by atoms with Gasteiger partial charge in [0.15, 0.2) is 0 Å². The van der Waals surface area contributed by atoms with Crippen molar-refractivity contribution in [3.63, 3.8) is 0 Å². The van der Waals surface area contributed by atoms with Gasteiger partial charge in [0.1, 0.15) is 0 Å². The van der Waals surface area contributed by atoms with Gasteiger partial charge >= 0.3 is 0 Å². The average molecular weight is 129 g/mol. The van der Waals surface area contributed by atoms with E-state index in [2.05, 4.69) is 13.8 Å². The lowest BCUT2D eigenvalue weighted by Crippen LogP contribution is -2.04. The first-order valence-electron chi connectivity index (χ1n) is 3.78. The van der Waals surface area contributed by atoms with Crippen molar-refractivity contribution < 1.29 is 5.11 Å². The Morgan fingerprint density at radius 1 is 1.44 bits per heavy atom. The highest BCUT2D eigenvalue weighted by Gasteiger charge is 1.99. The molecule has 0 aromatic heterocycles. The highest BCUT2D eigenvalue weighted by molar-refractivity contribution is 4.54. The fraction of sp³-hybridized carbons (Fsp3) is 0.875. The number of aliphatic hydroxyl groups excluding tert-OH is 1. The monoisotopic (exact) mass is 129 g/mol. The maximum Gasteiger partial charge on any atom is 0.0540 e. The lowest BCUT2D eigenvalue weighted by atomic mass is 10.1. The van der Waals surface area contributed by atoms with Gasteiger partial charge in [0.2, 0.25) is 0 Å². The fourth-order valence-electron chi connectivity index (χ4n) is 0.858. The molecule has 0 bridgehead atoms. The number of unbranched alkanes of at least 4 members (excludes halogenated alkanes) is 1. The van der Waals surface area contributed by atoms with Crippen LogP contribution >= 0.6 is 0 Å². The molecule has 0 spiro atoms. The molecule has 0 amide bonds. The summed E-state index contributed by atoms with van der Waals surface area (Å²) in [6, 6.07) is 0. The molecule has 1 radical (unpaired) electrons. The predicted molar refractivity (Wildman–Crippen MR) is 40.1 cm³/mol. The Balaban J connectivity index is 2.95. The summed E-state index contributed by atoms with van der Waals surface area (Å²) in [6.45, 7) is 5.80. The summed E-state index contributed by atoms with van der Waals surface area (Å²) in [7, 11) is 0. The van der Waals surface area contributed by atoms with Gasteiger partial charge in [0, 0.05) is 0 Å². The molecule has 0 rings (SSSR count). The van der Waals surface area contributed by atoms with Crippen molar-refractivity contribution in [1.29, 1.82) is 0 Å². The van der Waals surface area contributed by atoms with Crippen molar-refractivity contribution in [2.45, 2.75) is 45.1 Å². The van der Waals surface area contributed by atoms with Gasteiger partial charge in [0.25, 0.3) is 0 Å². The first-order valence-corrected chi connectivity index (χ1v) is 3.78. The molecular formula is C8H17O. The van der Waals surface area contributed by atoms with Crippen molar-refractivity contribution in [3.8, 4) is 0 Å². The zero-order valence-corrected chi connectivity index (χ0v) is 6.27. The smallest absolute Gasteiger partial charge is 0.0540 e. The van der Waals surface area contributed by atoms with Crippen molar-refractivity contribution in [2.75, 3.05) is 0 Å². The molecule has 0 aromatic carbocycles. The van der Waals surface area contributed by atoms with Crippen molar-refractivity contribution >= 4 is 0 Å². The minimum atomic E-state index is -0.0725. The summed E-state index contributed by atoms with van der Waals surface area (Å²) in [5.74, 6) is 0. The Labute approximate surface area is 58.1 Å². The van der Waals surface area contributed by atoms with Crippen LogP contribution in [0.3, 0.4) is 0 Å². The molecular weight excluding hydrogens is 112 g/mol. The SMILES string of the molecule is [CH2]CCCC(O)CCC. The largest absolute Gasteiger partial charge is 0.393 e. The molecule has 55 valence electrons. The molecule has 0 saturated carbocycles. The highest BCUT2D eigenvalue weighted by Crippen LogP contribution is 2.04. The molecule has 1 N–H and O–H groups in total. The first kappa shape index (κ1) is 8.96. The van der Waals surface area contributed by atoms with Crippen LogP contribution in [0.1, 0.15) is 39.0 Å². The summed E-state index contributed by atoms with van der Waals surface area (Å²) in [5, 5.41) is 9.15. The summed E-state index contributed by atoms with van der Waals surface area (Å²) in [6.07, 6.45) is 4.88. The topological polar surface area (TPSA) is 20.2 Å². The van der Waals surface area contributed by atoms with Gasteiger partial charge in [-0.2, -0.15) is 0 Å². The summed E-state index contributed by atoms with van der Waals surface area (Å²) >= 11 is 0. The van der Waals surface area contributed by atoms with E-state index in [0.29, 0.717) is 0 Å². The molecule has 0 aliphatic rings. The predicted octanol–water partition coefficient (Wildman–Crippen LogP) is 2.15. The summed E-state index contributed by atoms with van der Waals surface area (Å²) < 4.78 is 0. The second kappa shape index (κ2) is 6.09. The Morgan fingerprint density at radius 2 is 2.11 bits per heavy atom. The van der Waals surface area contributed by atoms with E-state index in [-0.39, 0.29) is 6.10 Å². The van der Waals surface area contributed by atoms with Crippen LogP contribution < -0.4 is 0 Å². The lowest BCUT2D eigenvalue weighted by molar-refractivity contribution is 0.151. The maximum absolute atomic E-state index is 9.15. The van der Waals surface area contributed by atoms with E-state index in [1.54, 1.807) is 0 Å². The summed E-state index contributed by atoms with van der Waals surface area (Å²) in [4.78, 5) is 0. The van der Waals surface area contributed by atoms with Crippen LogP contribution in [-0.4, -0.2) is 11.2 Å². The van der Waals surface area contributed by atoms with Crippen LogP contribution in [0.4, 0.5) is 0 Å². The second-order valence-electron chi connectivity index (χ2n) is 2.44. The molecule has 0 heterocycles. The maximum atomic E-state index is 9.15. The number of aliphatic hydroxyl groups is 1. The molecule has 0 aromatic rings. The van der Waals surface area contributed by atoms with E-state index < -0.39 is 0 Å². The van der Waals surface area contributed by atoms with Gasteiger partial charge in [-0.05, 0) is 12.8 Å². The third-order valence-corrected chi connectivity index (χ3v) is 1.41. The van der Waals surface area contributed by atoms with Crippen LogP contribution in [0.15, 0.2) is 0 Å². The molecule has 0 fully saturated rings. The molecule has 9 heavy (non-hydrogen) atoms. The second-order valence-corrected chi connectivity index (χ2v) is 2.44. The Hall–Kier alpha value is -0.0400. The Morgan fingerprint density at radius 3 is 2.56 bits per heavy atom. The standard InChI is InChI=1S/C8H17O/c1-3-5-7-8(9)6-4-2/h8-9H,1,3-7H2,2H3. The van der Waals surface area contributed by atoms with Gasteiger partial charge in [0.05, 0.1) is 6.10 Å². The molecule has 0 saturated heterocycles. The minimum Gasteiger partial charge on any atom is -0.393 e. The van der Waals surface area contributed by atoms with Crippen molar-refractivity contribution in [2.24, 2.45) is 0 Å². The van der Waals surface area contributed by atoms with E-state index in [4.69, 9.17) is 5.11 Å². The van der Waals surface area contributed by atoms with E-state index in [1.807, 2.05) is 0 Å². The third-order valence-electron chi connectivity index (χ3n) is 1.41. The van der Waals surface area contributed by atoms with Gasteiger partial charge in [-0.3, -0.25) is 0 Å². The van der Waals surface area contributed by atoms with Gasteiger partial charge in [-0.1, -0.05) is 33.1 Å². The average Bonchev–Trinajstić information content (AvgIpc) is 1.85. The number of hydrogen-bond donors (Lipinski definition) is 1. The van der Waals surface area contributed by atoms with Crippen LogP contribution in [0.2, 0.25) is 0 Å². The number of hydrogen-bond acceptors (Lipinski definition) is 1. The molecule has 0 aliphatic carbocycles. The van der Waals surface area contributed by atoms with Crippen LogP contribution in [0.25, 0.3) is 0 Å². The molecule has 1 nitrogen and oxygen atoms in total. The van der Waals surface area contributed by atoms with Gasteiger partial charge in [-0.25, -0.2) is 0 Å². The van der Waals surface area contributed by atoms with Crippen molar-refractivity contribution in [1.82, 2.24) is 0 Å². The lowest BCUT2D eigenvalue weighted by Gasteiger charge is -2.06. The van der Waals surface area contributed by atoms with E-state index in [1.165, 1.54) is 0 Å². The van der Waals surface area contributed by atoms with E-state index in [9.17, 15) is 0 Å². The Bertz CT molecular complexity index is 52.5. The van der Waals surface area contributed by atoms with Gasteiger partial charge < -0.3 is 5.11 Å². The zero-order chi connectivity index (χ0) is 7.11. The quantitative estimate of drug-likeness (QED) is 0.603. The Kier molecular flexibility index (Phi) is 6.06. The fourth-order valence-corrected chi connectivity index (χ4v) is 0.858. The minimum absolute atomic E-state index is 0.0725. The van der Waals surface area contributed by atoms with Crippen molar-refractivity contribution in [3.05, 3.63) is 6.92 Å². The molecule has 1 unspecified atom stereocenters. The molecule has 1 atom stereocenters. The number of rotatable bonds is 5. The summed E-state index contributed by atoms with van der Waals surface area (Å²) in [5.41, 5.74) is 0. The molecule has 1 heteroatoms. The van der Waals surface area contributed by atoms with E-state index in [0.717, 1.165) is 32.1 Å². The van der Waals surface area contributed by atoms with Crippen LogP contribution in [0, 0.1) is 6.92 Å². The van der Waals surface area contributed by atoms with Crippen LogP contribution in [0.5, 0.6) is 0 Å². The van der Waals surface area contributed by atoms with Gasteiger partial charge in [-0.15, -0.1) is 0 Å². The normalized spacial score (nSPS) is 13.7. The first-order chi connectivity index (χ1) is 4.31. The van der Waals surface area contributed by atoms with E-state index >= 15 is 0 Å². The third kappa shape index (κ3) is 5.84.